The second kappa shape index (κ2) is 9.67. The van der Waals surface area contributed by atoms with Gasteiger partial charge in [0.15, 0.2) is 11.2 Å². The predicted molar refractivity (Wildman–Crippen MR) is 129 cm³/mol. The number of aromatic nitrogens is 1. The highest BCUT2D eigenvalue weighted by atomic mass is 16.5. The molecule has 4 rings (SSSR count). The molecule has 1 N–H and O–H groups in total. The molecule has 7 heteroatoms. The van der Waals surface area contributed by atoms with Crippen molar-refractivity contribution in [3.8, 4) is 11.8 Å². The molecule has 0 atom stereocenters. The van der Waals surface area contributed by atoms with Crippen molar-refractivity contribution in [1.82, 2.24) is 4.98 Å². The number of hydrogen-bond donors (Lipinski definition) is 1. The first kappa shape index (κ1) is 22.9. The van der Waals surface area contributed by atoms with E-state index in [0.717, 1.165) is 28.6 Å². The molecule has 0 radical (unpaired) electrons. The summed E-state index contributed by atoms with van der Waals surface area (Å²) in [4.78, 5) is 18.0. The number of nitrogens with zero attached hydrogens (tertiary/aromatic N) is 3. The number of oxazole rings is 1. The molecule has 7 nitrogen and oxygen atoms in total. The monoisotopic (exact) mass is 455 g/mol. The topological polar surface area (TPSA) is 99.6 Å². The highest BCUT2D eigenvalue weighted by Gasteiger charge is 2.29. The lowest BCUT2D eigenvalue weighted by atomic mass is 10.1. The van der Waals surface area contributed by atoms with Gasteiger partial charge in [0, 0.05) is 13.1 Å². The summed E-state index contributed by atoms with van der Waals surface area (Å²) in [5, 5.41) is 18.3. The molecule has 0 spiro atoms. The van der Waals surface area contributed by atoms with E-state index in [2.05, 4.69) is 16.0 Å². The van der Waals surface area contributed by atoms with Crippen LogP contribution in [0.5, 0.6) is 5.75 Å². The number of para-hydroxylation sites is 2. The first-order valence-electron chi connectivity index (χ1n) is 10.9. The molecular formula is C27H25N3O4. The number of ether oxygens (including phenoxy) is 1. The van der Waals surface area contributed by atoms with Crippen molar-refractivity contribution in [1.29, 1.82) is 5.26 Å². The number of benzene rings is 3. The maximum atomic E-state index is 11.3. The number of hydrogen-bond acceptors (Lipinski definition) is 6. The zero-order valence-corrected chi connectivity index (χ0v) is 19.1. The van der Waals surface area contributed by atoms with Crippen LogP contribution in [0.3, 0.4) is 0 Å². The molecule has 0 amide bonds. The van der Waals surface area contributed by atoms with Gasteiger partial charge in [-0.2, -0.15) is 10.2 Å². The van der Waals surface area contributed by atoms with Crippen LogP contribution in [-0.4, -0.2) is 28.2 Å². The molecule has 1 aromatic heterocycles. The molecular weight excluding hydrogens is 430 g/mol. The lowest BCUT2D eigenvalue weighted by Crippen LogP contribution is -2.37. The summed E-state index contributed by atoms with van der Waals surface area (Å²) in [7, 11) is 0. The Balaban J connectivity index is 1.51. The molecule has 0 aliphatic carbocycles. The number of carboxylic acids is 1. The summed E-state index contributed by atoms with van der Waals surface area (Å²) >= 11 is 0. The van der Waals surface area contributed by atoms with Crippen molar-refractivity contribution in [3.05, 3.63) is 89.5 Å². The Morgan fingerprint density at radius 2 is 1.74 bits per heavy atom. The van der Waals surface area contributed by atoms with Crippen LogP contribution in [0.4, 0.5) is 6.01 Å². The van der Waals surface area contributed by atoms with E-state index in [1.807, 2.05) is 48.5 Å². The first-order chi connectivity index (χ1) is 16.3. The van der Waals surface area contributed by atoms with Gasteiger partial charge in [-0.3, -0.25) is 0 Å². The third kappa shape index (κ3) is 5.36. The molecule has 172 valence electrons. The number of rotatable bonds is 9. The average Bonchev–Trinajstić information content (AvgIpc) is 3.27. The van der Waals surface area contributed by atoms with Crippen LogP contribution < -0.4 is 9.64 Å². The van der Waals surface area contributed by atoms with Crippen molar-refractivity contribution in [2.75, 3.05) is 11.4 Å². The maximum absolute atomic E-state index is 11.3. The van der Waals surface area contributed by atoms with Gasteiger partial charge in [0.2, 0.25) is 0 Å². The van der Waals surface area contributed by atoms with Crippen LogP contribution in [0.1, 0.15) is 30.5 Å². The van der Waals surface area contributed by atoms with Gasteiger partial charge < -0.3 is 19.2 Å². The smallest absolute Gasteiger partial charge is 0.347 e. The van der Waals surface area contributed by atoms with Gasteiger partial charge in [-0.15, -0.1) is 0 Å². The highest BCUT2D eigenvalue weighted by Crippen LogP contribution is 2.24. The average molecular weight is 456 g/mol. The Hall–Kier alpha value is -4.31. The number of carbonyl (C=O) groups is 1. The summed E-state index contributed by atoms with van der Waals surface area (Å²) in [6.45, 7) is 4.26. The second-order valence-electron chi connectivity index (χ2n) is 8.51. The van der Waals surface area contributed by atoms with Crippen LogP contribution in [-0.2, 0) is 17.8 Å². The quantitative estimate of drug-likeness (QED) is 0.371. The second-order valence-corrected chi connectivity index (χ2v) is 8.51. The van der Waals surface area contributed by atoms with Gasteiger partial charge in [-0.05, 0) is 67.8 Å². The van der Waals surface area contributed by atoms with Crippen LogP contribution in [0, 0.1) is 11.3 Å². The molecule has 0 fully saturated rings. The third-order valence-corrected chi connectivity index (χ3v) is 5.49. The molecule has 0 aliphatic rings. The molecule has 34 heavy (non-hydrogen) atoms. The molecule has 3 aromatic carbocycles. The van der Waals surface area contributed by atoms with Gasteiger partial charge in [0.05, 0.1) is 11.6 Å². The summed E-state index contributed by atoms with van der Waals surface area (Å²) in [6, 6.07) is 25.2. The fraction of sp³-hybridized carbons (Fsp3) is 0.222. The fourth-order valence-corrected chi connectivity index (χ4v) is 3.47. The van der Waals surface area contributed by atoms with Gasteiger partial charge in [0.25, 0.3) is 6.01 Å². The molecule has 0 saturated heterocycles. The Morgan fingerprint density at radius 3 is 2.38 bits per heavy atom. The van der Waals surface area contributed by atoms with Crippen molar-refractivity contribution in [2.24, 2.45) is 0 Å². The lowest BCUT2D eigenvalue weighted by molar-refractivity contribution is -0.152. The minimum absolute atomic E-state index is 0.504. The van der Waals surface area contributed by atoms with Gasteiger partial charge in [0.1, 0.15) is 11.3 Å². The summed E-state index contributed by atoms with van der Waals surface area (Å²) in [5.41, 5.74) is 2.95. The Kier molecular flexibility index (Phi) is 6.51. The molecule has 0 bridgehead atoms. The first-order valence-corrected chi connectivity index (χ1v) is 10.9. The van der Waals surface area contributed by atoms with E-state index in [1.165, 1.54) is 13.8 Å². The standard InChI is InChI=1S/C27H25N3O4/c1-27(2,25(31)32)34-22-13-11-19(12-14-22)15-16-30(18-21-9-7-20(17-28)8-10-21)26-29-23-5-3-4-6-24(23)33-26/h3-14H,15-16,18H2,1-2H3,(H,31,32). The van der Waals surface area contributed by atoms with E-state index >= 15 is 0 Å². The Bertz CT molecular complexity index is 1290. The number of nitriles is 1. The fourth-order valence-electron chi connectivity index (χ4n) is 3.47. The van der Waals surface area contributed by atoms with Gasteiger partial charge >= 0.3 is 5.97 Å². The van der Waals surface area contributed by atoms with Crippen LogP contribution in [0.25, 0.3) is 11.1 Å². The van der Waals surface area contributed by atoms with E-state index in [0.29, 0.717) is 30.4 Å². The summed E-state index contributed by atoms with van der Waals surface area (Å²) in [6.07, 6.45) is 0.720. The summed E-state index contributed by atoms with van der Waals surface area (Å²) in [5.74, 6) is -0.516. The van der Waals surface area contributed by atoms with Crippen LogP contribution in [0.2, 0.25) is 0 Å². The van der Waals surface area contributed by atoms with E-state index in [4.69, 9.17) is 14.4 Å². The maximum Gasteiger partial charge on any atom is 0.347 e. The van der Waals surface area contributed by atoms with E-state index in [9.17, 15) is 9.90 Å². The van der Waals surface area contributed by atoms with Gasteiger partial charge in [-0.1, -0.05) is 36.4 Å². The Labute approximate surface area is 197 Å². The van der Waals surface area contributed by atoms with Crippen molar-refractivity contribution < 1.29 is 19.1 Å². The van der Waals surface area contributed by atoms with E-state index < -0.39 is 11.6 Å². The summed E-state index contributed by atoms with van der Waals surface area (Å²) < 4.78 is 11.6. The number of fused-ring (bicyclic) bond motifs is 1. The van der Waals surface area contributed by atoms with Crippen LogP contribution in [0.15, 0.2) is 77.2 Å². The normalized spacial score (nSPS) is 11.2. The SMILES string of the molecule is CC(C)(Oc1ccc(CCN(Cc2ccc(C#N)cc2)c2nc3ccccc3o2)cc1)C(=O)O. The molecule has 4 aromatic rings. The third-order valence-electron chi connectivity index (χ3n) is 5.49. The molecule has 0 saturated carbocycles. The van der Waals surface area contributed by atoms with Crippen LogP contribution >= 0.6 is 0 Å². The molecule has 1 heterocycles. The zero-order valence-electron chi connectivity index (χ0n) is 19.1. The lowest BCUT2D eigenvalue weighted by Gasteiger charge is -2.22. The highest BCUT2D eigenvalue weighted by molar-refractivity contribution is 5.76. The van der Waals surface area contributed by atoms with Crippen molar-refractivity contribution in [3.63, 3.8) is 0 Å². The number of aliphatic carboxylic acids is 1. The molecule has 0 aliphatic heterocycles. The Morgan fingerprint density at radius 1 is 1.06 bits per heavy atom. The molecule has 0 unspecified atom stereocenters. The number of carboxylic acid groups (broad SMARTS) is 1. The minimum Gasteiger partial charge on any atom is -0.478 e. The zero-order chi connectivity index (χ0) is 24.1. The van der Waals surface area contributed by atoms with E-state index in [1.54, 1.807) is 24.3 Å². The predicted octanol–water partition coefficient (Wildman–Crippen LogP) is 5.19. The number of anilines is 1. The minimum atomic E-state index is -1.30. The van der Waals surface area contributed by atoms with E-state index in [-0.39, 0.29) is 0 Å². The van der Waals surface area contributed by atoms with Crippen molar-refractivity contribution in [2.45, 2.75) is 32.4 Å². The van der Waals surface area contributed by atoms with Gasteiger partial charge in [-0.25, -0.2) is 4.79 Å². The largest absolute Gasteiger partial charge is 0.478 e. The van der Waals surface area contributed by atoms with Crippen molar-refractivity contribution >= 4 is 23.1 Å².